The molecule has 0 amide bonds. The Bertz CT molecular complexity index is 2090. The zero-order valence-electron chi connectivity index (χ0n) is 53.4. The van der Waals surface area contributed by atoms with Crippen molar-refractivity contribution in [3.63, 3.8) is 0 Å². The van der Waals surface area contributed by atoms with Gasteiger partial charge in [0.1, 0.15) is 36.1 Å². The third kappa shape index (κ3) is 21.6. The highest BCUT2D eigenvalue weighted by Gasteiger charge is 2.61. The van der Waals surface area contributed by atoms with Gasteiger partial charge in [0.25, 0.3) is 0 Å². The van der Waals surface area contributed by atoms with Crippen molar-refractivity contribution in [2.75, 3.05) is 19.8 Å². The van der Waals surface area contributed by atoms with E-state index in [1.165, 1.54) is 57.8 Å². The van der Waals surface area contributed by atoms with Gasteiger partial charge in [-0.15, -0.1) is 0 Å². The summed E-state index contributed by atoms with van der Waals surface area (Å²) in [6, 6.07) is 0. The number of rotatable bonds is 19. The maximum atomic E-state index is 12.9. The Balaban J connectivity index is -0.00000109. The first kappa shape index (κ1) is 89.9. The van der Waals surface area contributed by atoms with E-state index in [4.69, 9.17) is 37.9 Å². The van der Waals surface area contributed by atoms with Gasteiger partial charge in [-0.2, -0.15) is 0 Å². The molecule has 6 atom stereocenters. The Morgan fingerprint density at radius 1 is 0.517 bits per heavy atom. The molecule has 11 aliphatic rings. The SMILES string of the molecule is C.C.C.C.C.C.C.C.CCC(C)(C)C(=O)OC(CC)(CC)C12CC3CC(CC(C3)C1)C2.CCC(C)(C)C(=O)OCC(=O)OC1C2CC3CC(C2)C(=O)OC1C3.CCC(C)(C)C(=O)OCC1COC2(CCCCC2)O1.CCC1(OC(=O)C(C)(C)CC)CCCC1. The second kappa shape index (κ2) is 37.0. The van der Waals surface area contributed by atoms with Gasteiger partial charge in [0.05, 0.1) is 34.2 Å². The fraction of sp³-hybridized carbons (Fsp3) is 0.920. The van der Waals surface area contributed by atoms with E-state index >= 15 is 0 Å². The third-order valence-corrected chi connectivity index (χ3v) is 22.0. The lowest BCUT2D eigenvalue weighted by Gasteiger charge is -2.63. The summed E-state index contributed by atoms with van der Waals surface area (Å²) >= 11 is 0. The summed E-state index contributed by atoms with van der Waals surface area (Å²) in [5.41, 5.74) is -1.82. The number of hydrogen-bond donors (Lipinski definition) is 0. The van der Waals surface area contributed by atoms with Crippen LogP contribution in [0.1, 0.15) is 330 Å². The number of carbonyl (C=O) groups excluding carboxylic acids is 6. The van der Waals surface area contributed by atoms with Crippen LogP contribution in [-0.4, -0.2) is 90.9 Å². The van der Waals surface area contributed by atoms with Crippen LogP contribution in [0.25, 0.3) is 0 Å². The summed E-state index contributed by atoms with van der Waals surface area (Å²) in [5.74, 6) is 1.66. The first-order valence-electron chi connectivity index (χ1n) is 32.6. The number of carbonyl (C=O) groups is 6. The van der Waals surface area contributed by atoms with Gasteiger partial charge < -0.3 is 37.9 Å². The summed E-state index contributed by atoms with van der Waals surface area (Å²) < 4.78 is 45.6. The fourth-order valence-electron chi connectivity index (χ4n) is 15.1. The molecule has 3 heterocycles. The van der Waals surface area contributed by atoms with Crippen LogP contribution in [0.2, 0.25) is 0 Å². The highest BCUT2D eigenvalue weighted by atomic mass is 16.8. The number of fused-ring (bicyclic) bond motifs is 1. The van der Waals surface area contributed by atoms with Crippen LogP contribution >= 0.6 is 0 Å². The van der Waals surface area contributed by atoms with E-state index in [0.717, 1.165) is 120 Å². The average Bonchev–Trinajstić information content (AvgIpc) is 1.39. The molecule has 8 aliphatic carbocycles. The van der Waals surface area contributed by atoms with Gasteiger partial charge in [-0.3, -0.25) is 24.0 Å². The summed E-state index contributed by atoms with van der Waals surface area (Å²) in [5, 5.41) is 0. The molecule has 528 valence electrons. The van der Waals surface area contributed by atoms with Crippen LogP contribution in [0.4, 0.5) is 0 Å². The number of esters is 6. The molecule has 11 rings (SSSR count). The molecular formula is C75H144O14. The van der Waals surface area contributed by atoms with E-state index in [1.54, 1.807) is 13.8 Å². The maximum Gasteiger partial charge on any atom is 0.344 e. The van der Waals surface area contributed by atoms with Crippen molar-refractivity contribution in [1.82, 2.24) is 0 Å². The van der Waals surface area contributed by atoms with Crippen molar-refractivity contribution in [3.8, 4) is 0 Å². The lowest BCUT2D eigenvalue weighted by molar-refractivity contribution is -0.219. The summed E-state index contributed by atoms with van der Waals surface area (Å²) in [6.07, 6.45) is 26.8. The predicted molar refractivity (Wildman–Crippen MR) is 365 cm³/mol. The van der Waals surface area contributed by atoms with Gasteiger partial charge in [0.15, 0.2) is 12.4 Å². The van der Waals surface area contributed by atoms with Crippen molar-refractivity contribution >= 4 is 35.8 Å². The molecular weight excluding hydrogens is 1120 g/mol. The normalized spacial score (nSPS) is 27.8. The summed E-state index contributed by atoms with van der Waals surface area (Å²) in [6.45, 7) is 30.5. The van der Waals surface area contributed by atoms with Crippen LogP contribution in [0, 0.1) is 62.6 Å². The number of hydrogen-bond acceptors (Lipinski definition) is 14. The van der Waals surface area contributed by atoms with Gasteiger partial charge in [-0.1, -0.05) is 114 Å². The first-order valence-corrected chi connectivity index (χ1v) is 32.6. The first-order chi connectivity index (χ1) is 38.0. The molecule has 3 aliphatic heterocycles. The molecule has 89 heavy (non-hydrogen) atoms. The Kier molecular flexibility index (Phi) is 37.4. The zero-order chi connectivity index (χ0) is 59.8. The highest BCUT2D eigenvalue weighted by Crippen LogP contribution is 2.66. The number of ether oxygens (including phenoxy) is 8. The van der Waals surface area contributed by atoms with Crippen molar-refractivity contribution in [2.45, 2.75) is 366 Å². The van der Waals surface area contributed by atoms with Gasteiger partial charge in [0, 0.05) is 24.2 Å². The van der Waals surface area contributed by atoms with Gasteiger partial charge >= 0.3 is 35.8 Å². The third-order valence-electron chi connectivity index (χ3n) is 22.0. The van der Waals surface area contributed by atoms with E-state index in [0.29, 0.717) is 25.6 Å². The molecule has 14 heteroatoms. The largest absolute Gasteiger partial charge is 0.462 e. The molecule has 0 aromatic heterocycles. The van der Waals surface area contributed by atoms with Crippen LogP contribution in [0.15, 0.2) is 0 Å². The Hall–Kier alpha value is -3.26. The van der Waals surface area contributed by atoms with Gasteiger partial charge in [-0.25, -0.2) is 4.79 Å². The second-order valence-electron chi connectivity index (χ2n) is 29.3. The lowest BCUT2D eigenvalue weighted by Crippen LogP contribution is -2.60. The molecule has 0 aromatic rings. The minimum atomic E-state index is -0.615. The molecule has 0 aromatic carbocycles. The van der Waals surface area contributed by atoms with Crippen LogP contribution in [0.3, 0.4) is 0 Å². The predicted octanol–water partition coefficient (Wildman–Crippen LogP) is 19.8. The van der Waals surface area contributed by atoms with Gasteiger partial charge in [-0.05, 0) is 227 Å². The van der Waals surface area contributed by atoms with E-state index in [2.05, 4.69) is 27.7 Å². The van der Waals surface area contributed by atoms with E-state index in [-0.39, 0.29) is 147 Å². The molecule has 0 radical (unpaired) electrons. The van der Waals surface area contributed by atoms with Crippen molar-refractivity contribution in [1.29, 1.82) is 0 Å². The standard InChI is InChI=1S/C21H36O2.C18H26O6.C15H26O4.C13H24O2.8CH4/c1-6-19(4,5)18(22)23-21(7-2,8-3)20-12-15-9-16(13-20)11-17(10-15)14-20;1-4-18(2,3)17(21)22-9-14(19)24-15-11-5-10-6-12(8-11)16(20)23-13(15)7-10;1-4-14(2,3)13(16)17-10-12-11-18-15(19-12)8-6-5-7-9-15;1-5-12(3,4)11(14)15-13(6-2)9-7-8-10-13;;;;;;;;/h15-17H,6-14H2,1-5H3;10-13,15H,4-9H2,1-3H3;12H,4-11H2,1-3H3;5-10H2,1-4H3;8*1H4. The van der Waals surface area contributed by atoms with Crippen LogP contribution in [-0.2, 0) is 66.7 Å². The Labute approximate surface area is 548 Å². The molecule has 0 N–H and O–H groups in total. The molecule has 1 spiro atoms. The van der Waals surface area contributed by atoms with E-state index in [9.17, 15) is 28.8 Å². The minimum absolute atomic E-state index is 0. The summed E-state index contributed by atoms with van der Waals surface area (Å²) in [4.78, 5) is 72.9. The topological polar surface area (TPSA) is 176 Å². The van der Waals surface area contributed by atoms with Crippen LogP contribution < -0.4 is 0 Å². The second-order valence-corrected chi connectivity index (χ2v) is 29.3. The maximum absolute atomic E-state index is 12.9. The van der Waals surface area contributed by atoms with Crippen LogP contribution in [0.5, 0.6) is 0 Å². The monoisotopic (exact) mass is 1270 g/mol. The summed E-state index contributed by atoms with van der Waals surface area (Å²) in [7, 11) is 0. The quantitative estimate of drug-likeness (QED) is 0.0881. The van der Waals surface area contributed by atoms with E-state index < -0.39 is 28.9 Å². The van der Waals surface area contributed by atoms with Crippen molar-refractivity contribution < 1.29 is 66.7 Å². The molecule has 8 saturated carbocycles. The average molecular weight is 1270 g/mol. The fourth-order valence-corrected chi connectivity index (χ4v) is 15.1. The lowest BCUT2D eigenvalue weighted by atomic mass is 9.44. The molecule has 8 bridgehead atoms. The Morgan fingerprint density at radius 2 is 0.978 bits per heavy atom. The Morgan fingerprint density at radius 3 is 1.45 bits per heavy atom. The van der Waals surface area contributed by atoms with Crippen molar-refractivity contribution in [2.24, 2.45) is 62.6 Å². The smallest absolute Gasteiger partial charge is 0.344 e. The minimum Gasteiger partial charge on any atom is -0.462 e. The zero-order valence-corrected chi connectivity index (χ0v) is 53.4. The highest BCUT2D eigenvalue weighted by molar-refractivity contribution is 5.80. The van der Waals surface area contributed by atoms with E-state index in [1.807, 2.05) is 62.3 Å². The van der Waals surface area contributed by atoms with Crippen molar-refractivity contribution in [3.05, 3.63) is 0 Å². The molecule has 14 nitrogen and oxygen atoms in total. The molecule has 6 unspecified atom stereocenters. The molecule has 11 fully saturated rings. The van der Waals surface area contributed by atoms with Gasteiger partial charge in [0.2, 0.25) is 0 Å². The molecule has 3 saturated heterocycles.